The monoisotopic (exact) mass is 316 g/mol. The highest BCUT2D eigenvalue weighted by molar-refractivity contribution is 9.10. The Morgan fingerprint density at radius 3 is 2.33 bits per heavy atom. The van der Waals surface area contributed by atoms with Crippen LogP contribution in [-0.4, -0.2) is 0 Å². The van der Waals surface area contributed by atoms with Crippen molar-refractivity contribution in [2.75, 3.05) is 0 Å². The maximum atomic E-state index is 6.33. The quantitative estimate of drug-likeness (QED) is 0.522. The van der Waals surface area contributed by atoms with E-state index in [0.29, 0.717) is 0 Å². The molecule has 0 spiro atoms. The zero-order valence-electron chi connectivity index (χ0n) is 9.53. The van der Waals surface area contributed by atoms with Gasteiger partial charge < -0.3 is 0 Å². The Labute approximate surface area is 119 Å². The third-order valence-electron chi connectivity index (χ3n) is 3.02. The summed E-state index contributed by atoms with van der Waals surface area (Å²) in [6.07, 6.45) is 0. The van der Waals surface area contributed by atoms with Crippen LogP contribution in [0.2, 0.25) is 5.02 Å². The fraction of sp³-hybridized carbons (Fsp3) is 0. The van der Waals surface area contributed by atoms with Gasteiger partial charge in [0.1, 0.15) is 0 Å². The van der Waals surface area contributed by atoms with Gasteiger partial charge in [-0.2, -0.15) is 0 Å². The fourth-order valence-corrected chi connectivity index (χ4v) is 3.17. The summed E-state index contributed by atoms with van der Waals surface area (Å²) in [6, 6.07) is 20.5. The summed E-state index contributed by atoms with van der Waals surface area (Å²) in [5.41, 5.74) is 2.21. The van der Waals surface area contributed by atoms with Crippen molar-refractivity contribution >= 4 is 38.3 Å². The smallest absolute Gasteiger partial charge is 0.0495 e. The average Bonchev–Trinajstić information content (AvgIpc) is 2.39. The predicted molar refractivity (Wildman–Crippen MR) is 82.1 cm³/mol. The van der Waals surface area contributed by atoms with Crippen LogP contribution in [0.3, 0.4) is 0 Å². The molecule has 88 valence electrons. The zero-order valence-corrected chi connectivity index (χ0v) is 11.9. The Kier molecular flexibility index (Phi) is 3.11. The lowest BCUT2D eigenvalue weighted by Crippen LogP contribution is -1.84. The molecule has 0 aliphatic rings. The molecule has 2 heteroatoms. The van der Waals surface area contributed by atoms with E-state index in [0.717, 1.165) is 20.6 Å². The molecule has 0 heterocycles. The molecule has 0 N–H and O–H groups in total. The topological polar surface area (TPSA) is 0 Å². The highest BCUT2D eigenvalue weighted by Crippen LogP contribution is 2.38. The van der Waals surface area contributed by atoms with Crippen molar-refractivity contribution in [3.63, 3.8) is 0 Å². The summed E-state index contributed by atoms with van der Waals surface area (Å²) in [7, 11) is 0. The van der Waals surface area contributed by atoms with Crippen LogP contribution in [0.25, 0.3) is 21.9 Å². The molecule has 0 bridgehead atoms. The first-order chi connectivity index (χ1) is 8.77. The largest absolute Gasteiger partial charge is 0.0836 e. The molecule has 18 heavy (non-hydrogen) atoms. The number of benzene rings is 3. The molecule has 0 aliphatic carbocycles. The number of halogens is 2. The molecule has 0 saturated carbocycles. The molecule has 0 atom stereocenters. The highest BCUT2D eigenvalue weighted by atomic mass is 79.9. The Morgan fingerprint density at radius 2 is 1.50 bits per heavy atom. The Bertz CT molecular complexity index is 694. The average molecular weight is 318 g/mol. The van der Waals surface area contributed by atoms with E-state index in [9.17, 15) is 0 Å². The number of hydrogen-bond donors (Lipinski definition) is 0. The molecule has 0 aromatic heterocycles. The van der Waals surface area contributed by atoms with Gasteiger partial charge in [-0.25, -0.2) is 0 Å². The Balaban J connectivity index is 2.39. The van der Waals surface area contributed by atoms with E-state index in [1.54, 1.807) is 0 Å². The van der Waals surface area contributed by atoms with Crippen molar-refractivity contribution < 1.29 is 0 Å². The second kappa shape index (κ2) is 4.75. The van der Waals surface area contributed by atoms with Gasteiger partial charge in [0, 0.05) is 15.1 Å². The van der Waals surface area contributed by atoms with Crippen molar-refractivity contribution in [1.82, 2.24) is 0 Å². The van der Waals surface area contributed by atoms with Crippen molar-refractivity contribution in [3.05, 3.63) is 70.2 Å². The second-order valence-electron chi connectivity index (χ2n) is 4.12. The summed E-state index contributed by atoms with van der Waals surface area (Å²) in [5, 5.41) is 3.20. The first kappa shape index (κ1) is 11.8. The molecule has 0 saturated heterocycles. The van der Waals surface area contributed by atoms with Crippen LogP contribution in [0.1, 0.15) is 0 Å². The van der Waals surface area contributed by atoms with E-state index >= 15 is 0 Å². The number of hydrogen-bond acceptors (Lipinski definition) is 0. The lowest BCUT2D eigenvalue weighted by atomic mass is 9.98. The minimum atomic E-state index is 0.765. The molecule has 0 amide bonds. The highest BCUT2D eigenvalue weighted by Gasteiger charge is 2.10. The minimum Gasteiger partial charge on any atom is -0.0836 e. The first-order valence-corrected chi connectivity index (χ1v) is 6.86. The number of rotatable bonds is 1. The third-order valence-corrected chi connectivity index (χ3v) is 4.00. The summed E-state index contributed by atoms with van der Waals surface area (Å²) in [5.74, 6) is 0. The van der Waals surface area contributed by atoms with Crippen LogP contribution < -0.4 is 0 Å². The van der Waals surface area contributed by atoms with Gasteiger partial charge in [-0.1, -0.05) is 76.1 Å². The first-order valence-electron chi connectivity index (χ1n) is 5.69. The second-order valence-corrected chi connectivity index (χ2v) is 5.38. The maximum absolute atomic E-state index is 6.33. The summed E-state index contributed by atoms with van der Waals surface area (Å²) >= 11 is 9.92. The van der Waals surface area contributed by atoms with E-state index in [4.69, 9.17) is 11.6 Å². The van der Waals surface area contributed by atoms with Crippen molar-refractivity contribution in [2.24, 2.45) is 0 Å². The molecule has 3 aromatic carbocycles. The van der Waals surface area contributed by atoms with Crippen LogP contribution in [-0.2, 0) is 0 Å². The molecule has 0 radical (unpaired) electrons. The van der Waals surface area contributed by atoms with Crippen molar-refractivity contribution in [2.45, 2.75) is 0 Å². The third kappa shape index (κ3) is 1.94. The number of fused-ring (bicyclic) bond motifs is 1. The predicted octanol–water partition coefficient (Wildman–Crippen LogP) is 5.92. The van der Waals surface area contributed by atoms with E-state index in [2.05, 4.69) is 52.3 Å². The van der Waals surface area contributed by atoms with Gasteiger partial charge in [0.2, 0.25) is 0 Å². The SMILES string of the molecule is Clc1cccc(Br)c1-c1cccc2ccccc12. The van der Waals surface area contributed by atoms with Gasteiger partial charge in [-0.05, 0) is 28.5 Å². The van der Waals surface area contributed by atoms with Gasteiger partial charge in [-0.3, -0.25) is 0 Å². The van der Waals surface area contributed by atoms with E-state index in [-0.39, 0.29) is 0 Å². The Morgan fingerprint density at radius 1 is 0.778 bits per heavy atom. The van der Waals surface area contributed by atoms with E-state index in [1.165, 1.54) is 10.8 Å². The molecule has 3 rings (SSSR count). The summed E-state index contributed by atoms with van der Waals surface area (Å²) < 4.78 is 1.02. The minimum absolute atomic E-state index is 0.765. The van der Waals surface area contributed by atoms with Gasteiger partial charge in [-0.15, -0.1) is 0 Å². The van der Waals surface area contributed by atoms with Gasteiger partial charge in [0.05, 0.1) is 0 Å². The van der Waals surface area contributed by atoms with Crippen molar-refractivity contribution in [3.8, 4) is 11.1 Å². The van der Waals surface area contributed by atoms with E-state index in [1.807, 2.05) is 24.3 Å². The molecule has 3 aromatic rings. The van der Waals surface area contributed by atoms with Gasteiger partial charge in [0.15, 0.2) is 0 Å². The summed E-state index contributed by atoms with van der Waals surface area (Å²) in [6.45, 7) is 0. The van der Waals surface area contributed by atoms with E-state index < -0.39 is 0 Å². The maximum Gasteiger partial charge on any atom is 0.0495 e. The van der Waals surface area contributed by atoms with Crippen LogP contribution >= 0.6 is 27.5 Å². The van der Waals surface area contributed by atoms with Crippen LogP contribution in [0.4, 0.5) is 0 Å². The standard InChI is InChI=1S/C16H10BrCl/c17-14-9-4-10-15(18)16(14)13-8-3-6-11-5-1-2-7-12(11)13/h1-10H. The zero-order chi connectivity index (χ0) is 12.5. The molecule has 0 fully saturated rings. The molecular weight excluding hydrogens is 308 g/mol. The lowest BCUT2D eigenvalue weighted by molar-refractivity contribution is 1.61. The molecule has 0 unspecified atom stereocenters. The molecular formula is C16H10BrCl. The fourth-order valence-electron chi connectivity index (χ4n) is 2.20. The Hall–Kier alpha value is -1.31. The van der Waals surface area contributed by atoms with Gasteiger partial charge >= 0.3 is 0 Å². The molecule has 0 aliphatic heterocycles. The lowest BCUT2D eigenvalue weighted by Gasteiger charge is -2.10. The summed E-state index contributed by atoms with van der Waals surface area (Å²) in [4.78, 5) is 0. The van der Waals surface area contributed by atoms with Crippen molar-refractivity contribution in [1.29, 1.82) is 0 Å². The van der Waals surface area contributed by atoms with Crippen LogP contribution in [0, 0.1) is 0 Å². The normalized spacial score (nSPS) is 10.8. The van der Waals surface area contributed by atoms with Crippen LogP contribution in [0.5, 0.6) is 0 Å². The van der Waals surface area contributed by atoms with Gasteiger partial charge in [0.25, 0.3) is 0 Å². The van der Waals surface area contributed by atoms with Crippen LogP contribution in [0.15, 0.2) is 65.1 Å². The molecule has 0 nitrogen and oxygen atoms in total.